The fourth-order valence-electron chi connectivity index (χ4n) is 9.77. The molecule has 2 fully saturated rings. The molecule has 2 aliphatic rings. The molecule has 0 aromatic heterocycles. The fraction of sp³-hybridized carbons (Fsp3) is 0.361. The van der Waals surface area contributed by atoms with Crippen molar-refractivity contribution in [2.45, 2.75) is 107 Å². The first-order valence-corrected chi connectivity index (χ1v) is 29.8. The molecule has 4 amide bonds. The molecule has 11 nitrogen and oxygen atoms in total. The molecule has 6 aromatic carbocycles. The average Bonchev–Trinajstić information content (AvgIpc) is 0.788. The maximum atomic E-state index is 14.8. The van der Waals surface area contributed by atoms with E-state index in [1.165, 1.54) is 38.1 Å². The van der Waals surface area contributed by atoms with E-state index in [4.69, 9.17) is 28.3 Å². The van der Waals surface area contributed by atoms with Gasteiger partial charge in [-0.15, -0.1) is 34.9 Å². The first-order chi connectivity index (χ1) is 42.8. The zero-order chi connectivity index (χ0) is 67.5. The highest BCUT2D eigenvalue weighted by molar-refractivity contribution is 8.18. The molecule has 5 N–H and O–H groups in total. The Balaban J connectivity index is 0.000000280. The second-order valence-electron chi connectivity index (χ2n) is 20.6. The van der Waals surface area contributed by atoms with E-state index in [9.17, 15) is 83.1 Å². The number of aliphatic hydroxyl groups excluding tert-OH is 1. The Hall–Kier alpha value is -7.14. The van der Waals surface area contributed by atoms with Crippen molar-refractivity contribution < 1.29 is 97.7 Å². The number of urea groups is 2. The monoisotopic (exact) mass is 1370 g/mol. The van der Waals surface area contributed by atoms with E-state index >= 15 is 0 Å². The van der Waals surface area contributed by atoms with Gasteiger partial charge in [0.15, 0.2) is 6.36 Å². The zero-order valence-electron chi connectivity index (χ0n) is 48.0. The molecule has 0 radical (unpaired) electrons. The van der Waals surface area contributed by atoms with E-state index in [1.807, 2.05) is 0 Å². The molecular formula is C61H61Cl2F16N5O6S. The third-order valence-corrected chi connectivity index (χ3v) is 15.4. The van der Waals surface area contributed by atoms with Gasteiger partial charge < -0.3 is 40.6 Å². The molecule has 1 unspecified atom stereocenters. The summed E-state index contributed by atoms with van der Waals surface area (Å²) in [5.74, 6) is -6.14. The SMILES string of the molecule is CCN(CC)S(F)(F)F.ClCCl.O=C(NC1CC(C(O)F)C1)N[C@](Cc1ccccc1)(c1ccc(F)cc1)c1cc(F)cc(OC(F)(F)C(F)F)c1.O=CC1CC(NC(=O)N[C@](Cc2ccccc2)(c2ccc(F)cc2)c2cc(F)cc(OC(F)(F)C(F)F)c2)C1. The predicted molar refractivity (Wildman–Crippen MR) is 311 cm³/mol. The number of hydrogen-bond donors (Lipinski definition) is 5. The van der Waals surface area contributed by atoms with E-state index in [2.05, 4.69) is 30.7 Å². The largest absolute Gasteiger partial charge is 0.461 e. The van der Waals surface area contributed by atoms with Crippen molar-refractivity contribution in [3.8, 4) is 11.5 Å². The lowest BCUT2D eigenvalue weighted by molar-refractivity contribution is -0.253. The summed E-state index contributed by atoms with van der Waals surface area (Å²) < 4.78 is 221. The maximum Gasteiger partial charge on any atom is 0.461 e. The van der Waals surface area contributed by atoms with Gasteiger partial charge in [-0.1, -0.05) is 98.8 Å². The fourth-order valence-corrected chi connectivity index (χ4v) is 10.4. The highest BCUT2D eigenvalue weighted by Crippen LogP contribution is 2.56. The minimum atomic E-state index is -4.93. The molecule has 3 atom stereocenters. The summed E-state index contributed by atoms with van der Waals surface area (Å²) in [7, 11) is 0. The average molecular weight is 1370 g/mol. The Kier molecular flexibility index (Phi) is 27.4. The molecule has 8 rings (SSSR count). The van der Waals surface area contributed by atoms with Gasteiger partial charge >= 0.3 is 37.1 Å². The van der Waals surface area contributed by atoms with Crippen LogP contribution in [0.15, 0.2) is 146 Å². The van der Waals surface area contributed by atoms with Crippen molar-refractivity contribution in [1.82, 2.24) is 25.6 Å². The molecule has 0 aliphatic heterocycles. The summed E-state index contributed by atoms with van der Waals surface area (Å²) in [4.78, 5) is 37.4. The van der Waals surface area contributed by atoms with Crippen molar-refractivity contribution in [1.29, 1.82) is 0 Å². The molecule has 6 aromatic rings. The summed E-state index contributed by atoms with van der Waals surface area (Å²) >= 11 is 4.60. The van der Waals surface area contributed by atoms with Crippen LogP contribution in [-0.2, 0) is 28.7 Å². The standard InChI is InChI=1S/C28H25F7N2O3.C28H24F6N2O3.C4H10F3NS.CH2Cl2/c29-20-8-6-18(7-9-20)27(15-16-4-2-1-3-5-16,37-26(39)36-22-10-17(11-22)24(31)38)19-12-21(30)14-23(13-19)40-28(34,35)25(32)33;29-21-8-6-19(7-9-21)27(15-17-4-2-1-3-5-17,36-26(38)35-23-10-18(11-23)16-37)20-12-22(30)14-24(13-20)39-28(33,34)25(31)32;1-3-8(4-2)9(5,6)7;2-1-3/h1-9,12-14,17,22,24-25,38H,10-11,15H2,(H2,36,37,39);1-9,12-14,16,18,23,25H,10-11,15H2,(H2,35,36,38);3-4H2,1-2H3;1H2/t17?,22?,24?,27-;18?,23?,27-;;/m11../s1. The van der Waals surface area contributed by atoms with Gasteiger partial charge in [0.25, 0.3) is 11.4 Å². The lowest BCUT2D eigenvalue weighted by atomic mass is 9.77. The predicted octanol–water partition coefficient (Wildman–Crippen LogP) is 16.1. The van der Waals surface area contributed by atoms with Crippen LogP contribution in [0, 0.1) is 35.1 Å². The minimum absolute atomic E-state index is 0.0648. The number of hydrogen-bond acceptors (Lipinski definition) is 7. The van der Waals surface area contributed by atoms with Gasteiger partial charge in [-0.05, 0) is 108 Å². The van der Waals surface area contributed by atoms with Crippen LogP contribution in [0.1, 0.15) is 72.9 Å². The lowest BCUT2D eigenvalue weighted by Gasteiger charge is -2.40. The van der Waals surface area contributed by atoms with Crippen molar-refractivity contribution >= 4 is 52.9 Å². The third-order valence-electron chi connectivity index (χ3n) is 14.3. The van der Waals surface area contributed by atoms with Crippen LogP contribution in [0.4, 0.5) is 78.3 Å². The zero-order valence-corrected chi connectivity index (χ0v) is 50.3. The van der Waals surface area contributed by atoms with Crippen LogP contribution in [0.3, 0.4) is 0 Å². The van der Waals surface area contributed by atoms with Gasteiger partial charge in [0.05, 0.1) is 16.4 Å². The van der Waals surface area contributed by atoms with E-state index in [0.29, 0.717) is 40.4 Å². The van der Waals surface area contributed by atoms with Crippen LogP contribution in [-0.4, -0.2) is 89.7 Å². The van der Waals surface area contributed by atoms with Gasteiger partial charge in [0.1, 0.15) is 41.1 Å². The van der Waals surface area contributed by atoms with Gasteiger partial charge in [0.2, 0.25) is 0 Å². The Morgan fingerprint density at radius 1 is 0.571 bits per heavy atom. The highest BCUT2D eigenvalue weighted by atomic mass is 35.5. The van der Waals surface area contributed by atoms with E-state index in [-0.39, 0.29) is 78.3 Å². The molecule has 2 saturated carbocycles. The van der Waals surface area contributed by atoms with E-state index in [1.54, 1.807) is 60.7 Å². The number of carbonyl (C=O) groups is 3. The Bertz CT molecular complexity index is 3250. The second-order valence-corrected chi connectivity index (χ2v) is 22.7. The van der Waals surface area contributed by atoms with Crippen LogP contribution < -0.4 is 30.7 Å². The summed E-state index contributed by atoms with van der Waals surface area (Å²) in [6, 6.07) is 29.0. The maximum absolute atomic E-state index is 14.8. The molecule has 0 saturated heterocycles. The molecule has 0 spiro atoms. The van der Waals surface area contributed by atoms with E-state index in [0.717, 1.165) is 54.8 Å². The number of amides is 4. The molecular weight excluding hydrogens is 1310 g/mol. The number of rotatable bonds is 23. The first-order valence-electron chi connectivity index (χ1n) is 27.5. The van der Waals surface area contributed by atoms with Crippen molar-refractivity contribution in [3.05, 3.63) is 202 Å². The van der Waals surface area contributed by atoms with Crippen LogP contribution in [0.2, 0.25) is 0 Å². The number of alkyl halides is 11. The van der Waals surface area contributed by atoms with Crippen LogP contribution in [0.25, 0.3) is 0 Å². The first kappa shape index (κ1) is 74.6. The van der Waals surface area contributed by atoms with Gasteiger partial charge in [0, 0.05) is 62.0 Å². The molecule has 91 heavy (non-hydrogen) atoms. The number of benzene rings is 6. The highest BCUT2D eigenvalue weighted by Gasteiger charge is 2.47. The summed E-state index contributed by atoms with van der Waals surface area (Å²) in [6.45, 7) is 3.14. The number of ether oxygens (including phenoxy) is 2. The van der Waals surface area contributed by atoms with Gasteiger partial charge in [-0.3, -0.25) is 0 Å². The number of halogens is 18. The summed E-state index contributed by atoms with van der Waals surface area (Å²) in [6.07, 6.45) is -18.5. The van der Waals surface area contributed by atoms with Crippen LogP contribution >= 0.6 is 34.6 Å². The number of aldehydes is 1. The minimum Gasteiger partial charge on any atom is -0.428 e. The van der Waals surface area contributed by atoms with Gasteiger partial charge in [-0.2, -0.15) is 39.4 Å². The number of nitrogens with one attached hydrogen (secondary N) is 4. The Labute approximate surface area is 525 Å². The molecule has 0 heterocycles. The quantitative estimate of drug-likeness (QED) is 0.0244. The number of aliphatic hydroxyl groups is 1. The van der Waals surface area contributed by atoms with Crippen LogP contribution in [0.5, 0.6) is 11.5 Å². The van der Waals surface area contributed by atoms with Crippen molar-refractivity contribution in [2.75, 3.05) is 18.4 Å². The second kappa shape index (κ2) is 33.4. The van der Waals surface area contributed by atoms with Gasteiger partial charge in [-0.25, -0.2) is 31.5 Å². The number of carbonyl (C=O) groups excluding carboxylic acids is 3. The topological polar surface area (TPSA) is 141 Å². The lowest BCUT2D eigenvalue weighted by Crippen LogP contribution is -2.56. The molecule has 498 valence electrons. The molecule has 0 bridgehead atoms. The molecule has 2 aliphatic carbocycles. The third kappa shape index (κ3) is 21.5. The smallest absolute Gasteiger partial charge is 0.428 e. The van der Waals surface area contributed by atoms with E-state index < -0.39 is 113 Å². The Morgan fingerprint density at radius 3 is 1.22 bits per heavy atom. The Morgan fingerprint density at radius 2 is 0.923 bits per heavy atom. The van der Waals surface area contributed by atoms with Crippen molar-refractivity contribution in [3.63, 3.8) is 0 Å². The van der Waals surface area contributed by atoms with Crippen molar-refractivity contribution in [2.24, 2.45) is 11.8 Å². The summed E-state index contributed by atoms with van der Waals surface area (Å²) in [5, 5.41) is 20.2. The molecule has 30 heteroatoms. The normalized spacial score (nSPS) is 18.1. The summed E-state index contributed by atoms with van der Waals surface area (Å²) in [5.41, 5.74) is -2.08. The number of nitrogens with zero attached hydrogens (tertiary/aromatic N) is 1.